The molecule has 0 aliphatic heterocycles. The van der Waals surface area contributed by atoms with Crippen LogP contribution in [0.15, 0.2) is 30.6 Å². The largest absolute Gasteiger partial charge is 0.271 e. The maximum atomic E-state index is 13.3. The summed E-state index contributed by atoms with van der Waals surface area (Å²) in [6.07, 6.45) is 3.85. The average Bonchev–Trinajstić information content (AvgIpc) is 2.78. The van der Waals surface area contributed by atoms with Gasteiger partial charge in [0.25, 0.3) is 0 Å². The summed E-state index contributed by atoms with van der Waals surface area (Å²) >= 11 is 0. The Bertz CT molecular complexity index is 566. The Kier molecular flexibility index (Phi) is 3.20. The van der Waals surface area contributed by atoms with Gasteiger partial charge in [0.2, 0.25) is 0 Å². The van der Waals surface area contributed by atoms with Gasteiger partial charge in [-0.05, 0) is 24.1 Å². The van der Waals surface area contributed by atoms with Crippen molar-refractivity contribution in [1.29, 1.82) is 5.26 Å². The molecule has 17 heavy (non-hydrogen) atoms. The molecule has 2 aromatic rings. The lowest BCUT2D eigenvalue weighted by atomic mass is 10.0. The predicted molar refractivity (Wildman–Crippen MR) is 62.3 cm³/mol. The number of nitriles is 1. The summed E-state index contributed by atoms with van der Waals surface area (Å²) in [5.74, 6) is -0.327. The smallest absolute Gasteiger partial charge is 0.127 e. The summed E-state index contributed by atoms with van der Waals surface area (Å²) in [4.78, 5) is 0. The first-order chi connectivity index (χ1) is 8.22. The molecule has 0 saturated carbocycles. The standard InChI is InChI=1S/C13H11FN3/c1-10-12(4-2-5-13(10)14)11-8-16-17(9-11)7-3-6-15/h2,4-5,8-9H,1,3,7H2. The fraction of sp³-hybridized carbons (Fsp3) is 0.154. The van der Waals surface area contributed by atoms with E-state index in [1.807, 2.05) is 0 Å². The second kappa shape index (κ2) is 4.79. The number of nitrogens with zero attached hydrogens (tertiary/aromatic N) is 3. The molecular formula is C13H11FN3. The van der Waals surface area contributed by atoms with E-state index >= 15 is 0 Å². The minimum absolute atomic E-state index is 0.327. The van der Waals surface area contributed by atoms with Gasteiger partial charge in [0.1, 0.15) is 5.82 Å². The Balaban J connectivity index is 2.31. The van der Waals surface area contributed by atoms with E-state index in [-0.39, 0.29) is 5.82 Å². The summed E-state index contributed by atoms with van der Waals surface area (Å²) in [6.45, 7) is 4.24. The summed E-state index contributed by atoms with van der Waals surface area (Å²) < 4.78 is 15.0. The summed E-state index contributed by atoms with van der Waals surface area (Å²) in [5.41, 5.74) is 1.91. The molecule has 4 heteroatoms. The SMILES string of the molecule is [CH2]c1c(F)cccc1-c1cnn(CCC#N)c1. The van der Waals surface area contributed by atoms with E-state index in [4.69, 9.17) is 5.26 Å². The van der Waals surface area contributed by atoms with E-state index in [1.165, 1.54) is 6.07 Å². The summed E-state index contributed by atoms with van der Waals surface area (Å²) in [6, 6.07) is 6.88. The molecule has 0 N–H and O–H groups in total. The Morgan fingerprint density at radius 1 is 1.47 bits per heavy atom. The van der Waals surface area contributed by atoms with Crippen LogP contribution in [0.4, 0.5) is 4.39 Å². The first-order valence-electron chi connectivity index (χ1n) is 5.22. The van der Waals surface area contributed by atoms with Crippen LogP contribution in [-0.4, -0.2) is 9.78 Å². The topological polar surface area (TPSA) is 41.6 Å². The molecule has 2 rings (SSSR count). The van der Waals surface area contributed by atoms with Crippen LogP contribution in [0.3, 0.4) is 0 Å². The van der Waals surface area contributed by atoms with E-state index < -0.39 is 0 Å². The molecular weight excluding hydrogens is 217 g/mol. The number of benzene rings is 1. The Morgan fingerprint density at radius 2 is 2.29 bits per heavy atom. The molecule has 1 heterocycles. The monoisotopic (exact) mass is 228 g/mol. The molecule has 0 atom stereocenters. The third-order valence-corrected chi connectivity index (χ3v) is 2.52. The zero-order valence-corrected chi connectivity index (χ0v) is 9.23. The lowest BCUT2D eigenvalue weighted by molar-refractivity contribution is 0.623. The highest BCUT2D eigenvalue weighted by Crippen LogP contribution is 2.24. The molecule has 0 amide bonds. The molecule has 0 aliphatic rings. The van der Waals surface area contributed by atoms with Crippen molar-refractivity contribution in [2.45, 2.75) is 13.0 Å². The van der Waals surface area contributed by atoms with Gasteiger partial charge in [-0.15, -0.1) is 0 Å². The van der Waals surface area contributed by atoms with Crippen LogP contribution in [-0.2, 0) is 6.54 Å². The number of hydrogen-bond donors (Lipinski definition) is 0. The Morgan fingerprint density at radius 3 is 3.06 bits per heavy atom. The third-order valence-electron chi connectivity index (χ3n) is 2.52. The first-order valence-corrected chi connectivity index (χ1v) is 5.22. The van der Waals surface area contributed by atoms with Crippen LogP contribution in [0, 0.1) is 24.1 Å². The van der Waals surface area contributed by atoms with Gasteiger partial charge in [-0.3, -0.25) is 4.68 Å². The zero-order chi connectivity index (χ0) is 12.3. The van der Waals surface area contributed by atoms with Crippen molar-refractivity contribution in [1.82, 2.24) is 9.78 Å². The van der Waals surface area contributed by atoms with E-state index in [0.29, 0.717) is 18.5 Å². The van der Waals surface area contributed by atoms with Crippen molar-refractivity contribution < 1.29 is 4.39 Å². The van der Waals surface area contributed by atoms with Gasteiger partial charge >= 0.3 is 0 Å². The Hall–Kier alpha value is -2.15. The van der Waals surface area contributed by atoms with Gasteiger partial charge in [-0.2, -0.15) is 10.4 Å². The highest BCUT2D eigenvalue weighted by atomic mass is 19.1. The summed E-state index contributed by atoms with van der Waals surface area (Å²) in [7, 11) is 0. The van der Waals surface area contributed by atoms with Crippen LogP contribution in [0.25, 0.3) is 11.1 Å². The minimum atomic E-state index is -0.327. The van der Waals surface area contributed by atoms with Gasteiger partial charge in [0.05, 0.1) is 25.2 Å². The lowest BCUT2D eigenvalue weighted by Gasteiger charge is -2.03. The van der Waals surface area contributed by atoms with Crippen molar-refractivity contribution in [3.8, 4) is 17.2 Å². The van der Waals surface area contributed by atoms with Gasteiger partial charge in [0.15, 0.2) is 0 Å². The molecule has 0 aliphatic carbocycles. The number of rotatable bonds is 3. The van der Waals surface area contributed by atoms with E-state index in [2.05, 4.69) is 18.1 Å². The molecule has 0 unspecified atom stereocenters. The fourth-order valence-corrected chi connectivity index (χ4v) is 1.62. The molecule has 0 bridgehead atoms. The highest BCUT2D eigenvalue weighted by molar-refractivity contribution is 5.67. The van der Waals surface area contributed by atoms with Crippen molar-refractivity contribution >= 4 is 0 Å². The normalized spacial score (nSPS) is 10.2. The zero-order valence-electron chi connectivity index (χ0n) is 9.23. The van der Waals surface area contributed by atoms with Gasteiger partial charge in [0, 0.05) is 11.8 Å². The van der Waals surface area contributed by atoms with Crippen molar-refractivity contribution in [3.05, 3.63) is 48.9 Å². The second-order valence-electron chi connectivity index (χ2n) is 3.67. The van der Waals surface area contributed by atoms with Crippen molar-refractivity contribution in [3.63, 3.8) is 0 Å². The summed E-state index contributed by atoms with van der Waals surface area (Å²) in [5, 5.41) is 12.6. The van der Waals surface area contributed by atoms with E-state index in [0.717, 1.165) is 11.1 Å². The lowest BCUT2D eigenvalue weighted by Crippen LogP contribution is -1.96. The van der Waals surface area contributed by atoms with Gasteiger partial charge in [-0.1, -0.05) is 12.1 Å². The highest BCUT2D eigenvalue weighted by Gasteiger charge is 2.07. The molecule has 0 saturated heterocycles. The second-order valence-corrected chi connectivity index (χ2v) is 3.67. The van der Waals surface area contributed by atoms with E-state index in [1.54, 1.807) is 29.2 Å². The number of aryl methyl sites for hydroxylation is 1. The minimum Gasteiger partial charge on any atom is -0.271 e. The van der Waals surface area contributed by atoms with Crippen LogP contribution in [0.1, 0.15) is 12.0 Å². The maximum absolute atomic E-state index is 13.3. The first kappa shape index (κ1) is 11.3. The van der Waals surface area contributed by atoms with Gasteiger partial charge in [-0.25, -0.2) is 4.39 Å². The Labute approximate surface area is 99.1 Å². The van der Waals surface area contributed by atoms with Crippen LogP contribution >= 0.6 is 0 Å². The van der Waals surface area contributed by atoms with Crippen molar-refractivity contribution in [2.75, 3.05) is 0 Å². The molecule has 1 radical (unpaired) electrons. The average molecular weight is 228 g/mol. The molecule has 1 aromatic carbocycles. The predicted octanol–water partition coefficient (Wildman–Crippen LogP) is 2.79. The van der Waals surface area contributed by atoms with Crippen LogP contribution < -0.4 is 0 Å². The number of aromatic nitrogens is 2. The van der Waals surface area contributed by atoms with Crippen molar-refractivity contribution in [2.24, 2.45) is 0 Å². The maximum Gasteiger partial charge on any atom is 0.127 e. The van der Waals surface area contributed by atoms with Crippen LogP contribution in [0.2, 0.25) is 0 Å². The molecule has 85 valence electrons. The molecule has 3 nitrogen and oxygen atoms in total. The molecule has 0 spiro atoms. The molecule has 1 aromatic heterocycles. The van der Waals surface area contributed by atoms with E-state index in [9.17, 15) is 4.39 Å². The fourth-order valence-electron chi connectivity index (χ4n) is 1.62. The third kappa shape index (κ3) is 2.34. The number of hydrogen-bond acceptors (Lipinski definition) is 2. The van der Waals surface area contributed by atoms with Gasteiger partial charge < -0.3 is 0 Å². The molecule has 0 fully saturated rings. The number of halogens is 1. The van der Waals surface area contributed by atoms with Crippen LogP contribution in [0.5, 0.6) is 0 Å². The quantitative estimate of drug-likeness (QED) is 0.810.